The molecule has 7 heteroatoms. The summed E-state index contributed by atoms with van der Waals surface area (Å²) in [6, 6.07) is 23.1. The van der Waals surface area contributed by atoms with E-state index in [4.69, 9.17) is 12.2 Å². The van der Waals surface area contributed by atoms with Crippen molar-refractivity contribution in [2.75, 3.05) is 10.6 Å². The molecule has 0 aromatic heterocycles. The van der Waals surface area contributed by atoms with Crippen molar-refractivity contribution in [1.29, 1.82) is 0 Å². The summed E-state index contributed by atoms with van der Waals surface area (Å²) in [5.41, 5.74) is 2.25. The van der Waals surface area contributed by atoms with Crippen LogP contribution in [0.5, 0.6) is 0 Å². The lowest BCUT2D eigenvalue weighted by molar-refractivity contribution is 0.0975. The summed E-state index contributed by atoms with van der Waals surface area (Å²) in [6.45, 7) is 0. The average Bonchev–Trinajstić information content (AvgIpc) is 2.69. The molecule has 3 aromatic rings. The van der Waals surface area contributed by atoms with Crippen LogP contribution in [0, 0.1) is 0 Å². The first-order valence-corrected chi connectivity index (χ1v) is 9.56. The highest BCUT2D eigenvalue weighted by molar-refractivity contribution is 9.10. The number of thiocarbonyl (C=S) groups is 1. The molecule has 0 aliphatic heterocycles. The van der Waals surface area contributed by atoms with Crippen molar-refractivity contribution in [1.82, 2.24) is 5.32 Å². The second kappa shape index (κ2) is 9.25. The van der Waals surface area contributed by atoms with Gasteiger partial charge in [-0.3, -0.25) is 14.9 Å². The zero-order valence-electron chi connectivity index (χ0n) is 14.6. The summed E-state index contributed by atoms with van der Waals surface area (Å²) in [5.74, 6) is -0.569. The summed E-state index contributed by atoms with van der Waals surface area (Å²) in [5, 5.41) is 8.51. The zero-order valence-corrected chi connectivity index (χ0v) is 17.0. The van der Waals surface area contributed by atoms with Gasteiger partial charge in [0, 0.05) is 21.4 Å². The van der Waals surface area contributed by atoms with Crippen LogP contribution in [0.3, 0.4) is 0 Å². The molecule has 0 saturated heterocycles. The van der Waals surface area contributed by atoms with Crippen molar-refractivity contribution in [2.24, 2.45) is 0 Å². The van der Waals surface area contributed by atoms with Gasteiger partial charge in [0.05, 0.1) is 5.56 Å². The Hall–Kier alpha value is -3.03. The maximum absolute atomic E-state index is 12.4. The molecule has 0 unspecified atom stereocenters. The number of benzene rings is 3. The molecule has 3 N–H and O–H groups in total. The predicted molar refractivity (Wildman–Crippen MR) is 119 cm³/mol. The lowest BCUT2D eigenvalue weighted by atomic mass is 10.2. The van der Waals surface area contributed by atoms with E-state index in [1.165, 1.54) is 0 Å². The molecule has 0 aliphatic rings. The molecule has 0 fully saturated rings. The predicted octanol–water partition coefficient (Wildman–Crippen LogP) is 4.83. The van der Waals surface area contributed by atoms with E-state index in [1.54, 1.807) is 42.5 Å². The standard InChI is InChI=1S/C21H16BrN3O2S/c22-18-12-5-4-11-17(18)20(27)25-21(28)24-16-10-6-7-14(13-16)19(26)23-15-8-2-1-3-9-15/h1-13H,(H,23,26)(H2,24,25,27,28). The normalized spacial score (nSPS) is 10.0. The molecule has 0 spiro atoms. The first kappa shape index (κ1) is 19.7. The van der Waals surface area contributed by atoms with Crippen LogP contribution in [-0.2, 0) is 0 Å². The minimum Gasteiger partial charge on any atom is -0.332 e. The molecule has 0 heterocycles. The Bertz CT molecular complexity index is 1020. The smallest absolute Gasteiger partial charge is 0.258 e. The van der Waals surface area contributed by atoms with Gasteiger partial charge in [0.1, 0.15) is 0 Å². The van der Waals surface area contributed by atoms with E-state index in [0.717, 1.165) is 0 Å². The molecular weight excluding hydrogens is 438 g/mol. The minimum absolute atomic E-state index is 0.140. The summed E-state index contributed by atoms with van der Waals surface area (Å²) in [7, 11) is 0. The van der Waals surface area contributed by atoms with Gasteiger partial charge in [0.25, 0.3) is 11.8 Å². The van der Waals surface area contributed by atoms with Crippen molar-refractivity contribution >= 4 is 56.4 Å². The Morgan fingerprint density at radius 2 is 1.43 bits per heavy atom. The average molecular weight is 454 g/mol. The fourth-order valence-electron chi connectivity index (χ4n) is 2.44. The van der Waals surface area contributed by atoms with Crippen LogP contribution >= 0.6 is 28.1 Å². The van der Waals surface area contributed by atoms with Crippen molar-refractivity contribution in [3.05, 3.63) is 94.5 Å². The highest BCUT2D eigenvalue weighted by Crippen LogP contribution is 2.16. The summed E-state index contributed by atoms with van der Waals surface area (Å²) in [4.78, 5) is 24.7. The molecular formula is C21H16BrN3O2S. The van der Waals surface area contributed by atoms with E-state index in [1.807, 2.05) is 36.4 Å². The second-order valence-corrected chi connectivity index (χ2v) is 7.05. The van der Waals surface area contributed by atoms with Crippen LogP contribution < -0.4 is 16.0 Å². The number of carbonyl (C=O) groups is 2. The SMILES string of the molecule is O=C(Nc1ccccc1)c1cccc(NC(=S)NC(=O)c2ccccc2Br)c1. The van der Waals surface area contributed by atoms with Gasteiger partial charge in [-0.1, -0.05) is 36.4 Å². The van der Waals surface area contributed by atoms with Crippen LogP contribution in [0.2, 0.25) is 0 Å². The van der Waals surface area contributed by atoms with Gasteiger partial charge >= 0.3 is 0 Å². The van der Waals surface area contributed by atoms with Gasteiger partial charge in [0.2, 0.25) is 0 Å². The van der Waals surface area contributed by atoms with E-state index in [0.29, 0.717) is 27.0 Å². The Kier molecular flexibility index (Phi) is 6.52. The molecule has 28 heavy (non-hydrogen) atoms. The highest BCUT2D eigenvalue weighted by Gasteiger charge is 2.12. The Morgan fingerprint density at radius 1 is 0.750 bits per heavy atom. The van der Waals surface area contributed by atoms with Crippen LogP contribution in [-0.4, -0.2) is 16.9 Å². The lowest BCUT2D eigenvalue weighted by Crippen LogP contribution is -2.34. The monoisotopic (exact) mass is 453 g/mol. The number of hydrogen-bond donors (Lipinski definition) is 3. The van der Waals surface area contributed by atoms with E-state index in [9.17, 15) is 9.59 Å². The van der Waals surface area contributed by atoms with Gasteiger partial charge in [-0.2, -0.15) is 0 Å². The van der Waals surface area contributed by atoms with Crippen LogP contribution in [0.25, 0.3) is 0 Å². The number of carbonyl (C=O) groups excluding carboxylic acids is 2. The van der Waals surface area contributed by atoms with Crippen molar-refractivity contribution < 1.29 is 9.59 Å². The Labute approximate surface area is 176 Å². The number of nitrogens with one attached hydrogen (secondary N) is 3. The van der Waals surface area contributed by atoms with Gasteiger partial charge in [-0.15, -0.1) is 0 Å². The van der Waals surface area contributed by atoms with Crippen LogP contribution in [0.4, 0.5) is 11.4 Å². The maximum atomic E-state index is 12.4. The van der Waals surface area contributed by atoms with Crippen molar-refractivity contribution in [3.63, 3.8) is 0 Å². The number of amides is 2. The Morgan fingerprint density at radius 3 is 2.18 bits per heavy atom. The van der Waals surface area contributed by atoms with Gasteiger partial charge < -0.3 is 10.6 Å². The maximum Gasteiger partial charge on any atom is 0.258 e. The van der Waals surface area contributed by atoms with Crippen molar-refractivity contribution in [3.8, 4) is 0 Å². The first-order valence-electron chi connectivity index (χ1n) is 8.36. The fraction of sp³-hybridized carbons (Fsp3) is 0. The third kappa shape index (κ3) is 5.25. The lowest BCUT2D eigenvalue weighted by Gasteiger charge is -2.11. The molecule has 3 aromatic carbocycles. The van der Waals surface area contributed by atoms with Gasteiger partial charge in [0.15, 0.2) is 5.11 Å². The van der Waals surface area contributed by atoms with E-state index in [2.05, 4.69) is 31.9 Å². The molecule has 0 aliphatic carbocycles. The minimum atomic E-state index is -0.331. The number of halogens is 1. The topological polar surface area (TPSA) is 70.2 Å². The quantitative estimate of drug-likeness (QED) is 0.494. The number of anilines is 2. The van der Waals surface area contributed by atoms with Crippen molar-refractivity contribution in [2.45, 2.75) is 0 Å². The van der Waals surface area contributed by atoms with Gasteiger partial charge in [-0.25, -0.2) is 0 Å². The third-order valence-electron chi connectivity index (χ3n) is 3.76. The largest absolute Gasteiger partial charge is 0.332 e. The van der Waals surface area contributed by atoms with E-state index < -0.39 is 0 Å². The molecule has 140 valence electrons. The molecule has 2 amide bonds. The van der Waals surface area contributed by atoms with Crippen LogP contribution in [0.1, 0.15) is 20.7 Å². The number of rotatable bonds is 4. The summed E-state index contributed by atoms with van der Waals surface area (Å²) >= 11 is 8.55. The zero-order chi connectivity index (χ0) is 19.9. The van der Waals surface area contributed by atoms with E-state index >= 15 is 0 Å². The first-order chi connectivity index (χ1) is 13.5. The molecule has 0 radical (unpaired) electrons. The molecule has 0 atom stereocenters. The number of para-hydroxylation sites is 1. The second-order valence-electron chi connectivity index (χ2n) is 5.79. The van der Waals surface area contributed by atoms with Crippen LogP contribution in [0.15, 0.2) is 83.3 Å². The fourth-order valence-corrected chi connectivity index (χ4v) is 3.12. The molecule has 5 nitrogen and oxygen atoms in total. The third-order valence-corrected chi connectivity index (χ3v) is 4.66. The Balaban J connectivity index is 1.64. The highest BCUT2D eigenvalue weighted by atomic mass is 79.9. The molecule has 0 bridgehead atoms. The summed E-state index contributed by atoms with van der Waals surface area (Å²) in [6.07, 6.45) is 0. The molecule has 0 saturated carbocycles. The molecule has 3 rings (SSSR count). The van der Waals surface area contributed by atoms with E-state index in [-0.39, 0.29) is 16.9 Å². The number of hydrogen-bond acceptors (Lipinski definition) is 3. The summed E-state index contributed by atoms with van der Waals surface area (Å²) < 4.78 is 0.676. The van der Waals surface area contributed by atoms with Gasteiger partial charge in [-0.05, 0) is 70.6 Å².